The van der Waals surface area contributed by atoms with Gasteiger partial charge in [-0.2, -0.15) is 0 Å². The number of aliphatic hydroxyl groups is 3. The van der Waals surface area contributed by atoms with Crippen LogP contribution in [0.25, 0.3) is 11.0 Å². The number of hydrogen-bond donors (Lipinski definition) is 5. The van der Waals surface area contributed by atoms with Crippen molar-refractivity contribution in [3.8, 4) is 0 Å². The minimum Gasteiger partial charge on any atom is -1.00 e. The number of halogens is 2. The number of aliphatic hydroxyl groups excluding tert-OH is 3. The van der Waals surface area contributed by atoms with Gasteiger partial charge in [-0.3, -0.25) is 5.41 Å². The molecule has 23 heavy (non-hydrogen) atoms. The summed E-state index contributed by atoms with van der Waals surface area (Å²) in [6.45, 7) is -0.395. The van der Waals surface area contributed by atoms with E-state index >= 15 is 0 Å². The summed E-state index contributed by atoms with van der Waals surface area (Å²) < 4.78 is 8.02. The van der Waals surface area contributed by atoms with Crippen molar-refractivity contribution in [2.45, 2.75) is 24.5 Å². The Morgan fingerprint density at radius 2 is 1.96 bits per heavy atom. The molecule has 0 amide bonds. The molecule has 6 N–H and O–H groups in total. The van der Waals surface area contributed by atoms with Crippen molar-refractivity contribution >= 4 is 11.0 Å². The van der Waals surface area contributed by atoms with Gasteiger partial charge in [0.15, 0.2) is 11.7 Å². The first-order valence-electron chi connectivity index (χ1n) is 6.05. The Hall–Kier alpha value is -0.672. The van der Waals surface area contributed by atoms with Gasteiger partial charge < -0.3 is 55.3 Å². The van der Waals surface area contributed by atoms with Crippen molar-refractivity contribution in [3.05, 3.63) is 24.1 Å². The zero-order chi connectivity index (χ0) is 14.4. The first-order chi connectivity index (χ1) is 9.54. The molecule has 12 heteroatoms. The van der Waals surface area contributed by atoms with Crippen LogP contribution in [0.2, 0.25) is 0 Å². The Morgan fingerprint density at radius 3 is 2.52 bits per heavy atom. The van der Waals surface area contributed by atoms with Gasteiger partial charge in [-0.05, 0) is 6.07 Å². The van der Waals surface area contributed by atoms with Gasteiger partial charge in [-0.15, -0.1) is 0 Å². The van der Waals surface area contributed by atoms with E-state index in [1.807, 2.05) is 0 Å². The molecule has 2 aromatic rings. The van der Waals surface area contributed by atoms with Crippen LogP contribution in [0.4, 0.5) is 0 Å². The average molecular weight is 547 g/mol. The molecular formula is C11H15Cl2N5O4Pt. The quantitative estimate of drug-likeness (QED) is 0.237. The summed E-state index contributed by atoms with van der Waals surface area (Å²) in [5.74, 6) is 5.55. The van der Waals surface area contributed by atoms with Gasteiger partial charge in [0.05, 0.1) is 12.0 Å². The number of rotatable bonds is 2. The van der Waals surface area contributed by atoms with E-state index in [1.54, 1.807) is 12.3 Å². The van der Waals surface area contributed by atoms with Crippen LogP contribution >= 0.6 is 0 Å². The third kappa shape index (κ3) is 3.56. The van der Waals surface area contributed by atoms with Crippen LogP contribution in [0, 0.1) is 5.41 Å². The number of ether oxygens (including phenoxy) is 1. The molecule has 4 unspecified atom stereocenters. The fourth-order valence-electron chi connectivity index (χ4n) is 2.39. The number of aromatic nitrogens is 3. The van der Waals surface area contributed by atoms with E-state index in [-0.39, 0.29) is 51.4 Å². The minimum absolute atomic E-state index is 0. The van der Waals surface area contributed by atoms with Gasteiger partial charge in [0, 0.05) is 6.20 Å². The van der Waals surface area contributed by atoms with Crippen LogP contribution in [0.15, 0.2) is 18.6 Å². The number of nitrogens with one attached hydrogen (secondary N) is 1. The van der Waals surface area contributed by atoms with Crippen LogP contribution in [0.3, 0.4) is 0 Å². The molecule has 0 saturated carbocycles. The van der Waals surface area contributed by atoms with Gasteiger partial charge in [0.25, 0.3) is 0 Å². The topological polar surface area (TPSA) is 143 Å². The Balaban J connectivity index is 0.00000161. The zero-order valence-corrected chi connectivity index (χ0v) is 15.3. The largest absolute Gasteiger partial charge is 2.00 e. The second-order valence-electron chi connectivity index (χ2n) is 4.69. The maximum atomic E-state index is 10.0. The SMILES string of the molecule is N=c1c2ccn(C3OC(CO)C(O)C3O)c2ncn1N.[Cl-].[Cl-].[Pt+2]. The van der Waals surface area contributed by atoms with E-state index in [2.05, 4.69) is 4.98 Å². The number of nitrogen functional groups attached to an aromatic ring is 1. The van der Waals surface area contributed by atoms with Crippen LogP contribution in [0.5, 0.6) is 0 Å². The van der Waals surface area contributed by atoms with Crippen LogP contribution in [-0.4, -0.2) is 54.5 Å². The summed E-state index contributed by atoms with van der Waals surface area (Å²) in [6.07, 6.45) is -1.23. The molecule has 0 bridgehead atoms. The number of hydrogen-bond acceptors (Lipinski definition) is 7. The van der Waals surface area contributed by atoms with Gasteiger partial charge >= 0.3 is 21.1 Å². The standard InChI is InChI=1S/C11H15N5O4.2ClH.Pt/c12-9-5-1-2-15(10(5)14-4-16(9)13)11-8(19)7(18)6(3-17)20-11;;;/h1-2,4,6-8,11-12,17-19H,3,13H2;2*1H;/q;;;+2/p-2. The predicted octanol–water partition coefficient (Wildman–Crippen LogP) is -8.35. The van der Waals surface area contributed by atoms with Crippen LogP contribution in [-0.2, 0) is 25.8 Å². The second-order valence-corrected chi connectivity index (χ2v) is 4.69. The monoisotopic (exact) mass is 546 g/mol. The smallest absolute Gasteiger partial charge is 1.00 e. The molecule has 9 nitrogen and oxygen atoms in total. The molecule has 3 heterocycles. The van der Waals surface area contributed by atoms with E-state index in [0.29, 0.717) is 11.0 Å². The van der Waals surface area contributed by atoms with Crippen molar-refractivity contribution in [1.82, 2.24) is 14.2 Å². The van der Waals surface area contributed by atoms with Crippen molar-refractivity contribution in [1.29, 1.82) is 5.41 Å². The minimum atomic E-state index is -1.19. The van der Waals surface area contributed by atoms with Crippen LogP contribution in [0.1, 0.15) is 6.23 Å². The molecule has 132 valence electrons. The summed E-state index contributed by atoms with van der Waals surface area (Å²) in [5, 5.41) is 37.2. The average Bonchev–Trinajstić information content (AvgIpc) is 2.98. The predicted molar refractivity (Wildman–Crippen MR) is 66.7 cm³/mol. The molecule has 1 aliphatic heterocycles. The molecule has 0 aliphatic carbocycles. The van der Waals surface area contributed by atoms with Gasteiger partial charge in [0.1, 0.15) is 30.3 Å². The van der Waals surface area contributed by atoms with Crippen molar-refractivity contribution in [2.75, 3.05) is 12.4 Å². The van der Waals surface area contributed by atoms with E-state index < -0.39 is 31.1 Å². The summed E-state index contributed by atoms with van der Waals surface area (Å²) >= 11 is 0. The summed E-state index contributed by atoms with van der Waals surface area (Å²) in [6, 6.07) is 1.63. The number of fused-ring (bicyclic) bond motifs is 1. The van der Waals surface area contributed by atoms with E-state index in [0.717, 1.165) is 4.68 Å². The van der Waals surface area contributed by atoms with Crippen molar-refractivity contribution < 1.29 is 65.9 Å². The second kappa shape index (κ2) is 8.43. The zero-order valence-electron chi connectivity index (χ0n) is 11.5. The Kier molecular flexibility index (Phi) is 8.19. The summed E-state index contributed by atoms with van der Waals surface area (Å²) in [7, 11) is 0. The molecule has 4 atom stereocenters. The number of nitrogens with two attached hydrogens (primary N) is 1. The first-order valence-corrected chi connectivity index (χ1v) is 6.05. The molecule has 3 rings (SSSR count). The van der Waals surface area contributed by atoms with Crippen molar-refractivity contribution in [3.63, 3.8) is 0 Å². The molecule has 0 aromatic carbocycles. The Morgan fingerprint density at radius 1 is 1.30 bits per heavy atom. The van der Waals surface area contributed by atoms with Gasteiger partial charge in [0.2, 0.25) is 0 Å². The first kappa shape index (κ1) is 22.3. The number of nitrogens with zero attached hydrogens (tertiary/aromatic N) is 3. The third-order valence-corrected chi connectivity index (χ3v) is 3.50. The molecule has 1 fully saturated rings. The maximum Gasteiger partial charge on any atom is 2.00 e. The molecule has 0 spiro atoms. The fourth-order valence-corrected chi connectivity index (χ4v) is 2.39. The van der Waals surface area contributed by atoms with Gasteiger partial charge in [-0.1, -0.05) is 0 Å². The third-order valence-electron chi connectivity index (χ3n) is 3.50. The van der Waals surface area contributed by atoms with Crippen LogP contribution < -0.4 is 36.1 Å². The fraction of sp³-hybridized carbons (Fsp3) is 0.455. The summed E-state index contributed by atoms with van der Waals surface area (Å²) in [4.78, 5) is 4.10. The van der Waals surface area contributed by atoms with E-state index in [9.17, 15) is 10.2 Å². The van der Waals surface area contributed by atoms with Gasteiger partial charge in [-0.25, -0.2) is 9.66 Å². The molecule has 0 radical (unpaired) electrons. The maximum absolute atomic E-state index is 10.0. The molecule has 2 aromatic heterocycles. The molecular weight excluding hydrogens is 532 g/mol. The molecule has 1 saturated heterocycles. The van der Waals surface area contributed by atoms with E-state index in [4.69, 9.17) is 21.1 Å². The normalized spacial score (nSPS) is 26.2. The Labute approximate surface area is 157 Å². The molecule has 1 aliphatic rings. The Bertz CT molecular complexity index is 711. The van der Waals surface area contributed by atoms with Crippen molar-refractivity contribution in [2.24, 2.45) is 0 Å². The van der Waals surface area contributed by atoms with E-state index in [1.165, 1.54) is 10.9 Å². The summed E-state index contributed by atoms with van der Waals surface area (Å²) in [5.41, 5.74) is 0.479.